The quantitative estimate of drug-likeness (QED) is 0.850. The van der Waals surface area contributed by atoms with Crippen molar-refractivity contribution in [1.29, 1.82) is 0 Å². The second kappa shape index (κ2) is 4.71. The number of aliphatic hydroxyl groups excluding tert-OH is 1. The molecule has 1 saturated heterocycles. The van der Waals surface area contributed by atoms with Crippen molar-refractivity contribution < 1.29 is 9.84 Å². The van der Waals surface area contributed by atoms with Crippen molar-refractivity contribution in [2.24, 2.45) is 5.92 Å². The lowest BCUT2D eigenvalue weighted by atomic mass is 10.1. The Hall–Kier alpha value is -1.59. The molecule has 1 aliphatic carbocycles. The van der Waals surface area contributed by atoms with E-state index >= 15 is 0 Å². The SMILES string of the molecule is CC(O)c1nc2cc(N)ccc2n1C1CCOC1C1CC1. The number of imidazole rings is 1. The van der Waals surface area contributed by atoms with Gasteiger partial charge < -0.3 is 20.1 Å². The van der Waals surface area contributed by atoms with E-state index in [9.17, 15) is 5.11 Å². The van der Waals surface area contributed by atoms with Crippen molar-refractivity contribution in [3.05, 3.63) is 24.0 Å². The van der Waals surface area contributed by atoms with E-state index in [4.69, 9.17) is 10.5 Å². The zero-order valence-corrected chi connectivity index (χ0v) is 12.2. The lowest BCUT2D eigenvalue weighted by Gasteiger charge is -2.23. The molecule has 5 nitrogen and oxygen atoms in total. The van der Waals surface area contributed by atoms with E-state index in [0.717, 1.165) is 29.9 Å². The second-order valence-corrected chi connectivity index (χ2v) is 6.29. The minimum Gasteiger partial charge on any atom is -0.399 e. The highest BCUT2D eigenvalue weighted by Crippen LogP contribution is 2.45. The molecule has 2 heterocycles. The summed E-state index contributed by atoms with van der Waals surface area (Å²) in [4.78, 5) is 4.61. The van der Waals surface area contributed by atoms with Crippen LogP contribution in [-0.2, 0) is 4.74 Å². The van der Waals surface area contributed by atoms with E-state index in [1.165, 1.54) is 12.8 Å². The summed E-state index contributed by atoms with van der Waals surface area (Å²) in [6.45, 7) is 2.56. The van der Waals surface area contributed by atoms with E-state index in [0.29, 0.717) is 11.6 Å². The van der Waals surface area contributed by atoms with Crippen molar-refractivity contribution in [1.82, 2.24) is 9.55 Å². The number of aromatic nitrogens is 2. The maximum absolute atomic E-state index is 10.1. The number of rotatable bonds is 3. The summed E-state index contributed by atoms with van der Waals surface area (Å²) >= 11 is 0. The van der Waals surface area contributed by atoms with Crippen molar-refractivity contribution in [3.8, 4) is 0 Å². The molecule has 1 aromatic heterocycles. The molecule has 5 heteroatoms. The number of nitrogen functional groups attached to an aromatic ring is 1. The van der Waals surface area contributed by atoms with Gasteiger partial charge in [-0.1, -0.05) is 0 Å². The van der Waals surface area contributed by atoms with E-state index in [-0.39, 0.29) is 12.1 Å². The molecule has 2 fully saturated rings. The lowest BCUT2D eigenvalue weighted by Crippen LogP contribution is -2.24. The summed E-state index contributed by atoms with van der Waals surface area (Å²) in [6.07, 6.45) is 3.16. The van der Waals surface area contributed by atoms with Crippen molar-refractivity contribution >= 4 is 16.7 Å². The predicted octanol–water partition coefficient (Wildman–Crippen LogP) is 2.41. The van der Waals surface area contributed by atoms with Crippen LogP contribution in [0.25, 0.3) is 11.0 Å². The number of anilines is 1. The van der Waals surface area contributed by atoms with Gasteiger partial charge in [0.25, 0.3) is 0 Å². The van der Waals surface area contributed by atoms with Gasteiger partial charge in [-0.25, -0.2) is 4.98 Å². The summed E-state index contributed by atoms with van der Waals surface area (Å²) in [7, 11) is 0. The first-order valence-corrected chi connectivity index (χ1v) is 7.72. The standard InChI is InChI=1S/C16H21N3O2/c1-9(20)16-18-12-8-11(17)4-5-13(12)19(16)14-6-7-21-15(14)10-2-3-10/h4-5,8-10,14-15,20H,2-3,6-7,17H2,1H3. The van der Waals surface area contributed by atoms with E-state index in [1.807, 2.05) is 18.2 Å². The summed E-state index contributed by atoms with van der Waals surface area (Å²) in [5, 5.41) is 10.1. The summed E-state index contributed by atoms with van der Waals surface area (Å²) in [5.41, 5.74) is 8.46. The molecule has 3 atom stereocenters. The zero-order chi connectivity index (χ0) is 14.6. The van der Waals surface area contributed by atoms with Gasteiger partial charge in [-0.2, -0.15) is 0 Å². The molecule has 0 amide bonds. The molecule has 3 unspecified atom stereocenters. The smallest absolute Gasteiger partial charge is 0.138 e. The van der Waals surface area contributed by atoms with Gasteiger partial charge in [-0.15, -0.1) is 0 Å². The van der Waals surface area contributed by atoms with Crippen molar-refractivity contribution in [2.45, 2.75) is 44.4 Å². The third-order valence-electron chi connectivity index (χ3n) is 4.64. The Balaban J connectivity index is 1.87. The predicted molar refractivity (Wildman–Crippen MR) is 80.9 cm³/mol. The van der Waals surface area contributed by atoms with E-state index in [1.54, 1.807) is 6.92 Å². The summed E-state index contributed by atoms with van der Waals surface area (Å²) in [5.74, 6) is 1.39. The average Bonchev–Trinajstić information content (AvgIpc) is 3.06. The van der Waals surface area contributed by atoms with Crippen LogP contribution in [0.5, 0.6) is 0 Å². The maximum Gasteiger partial charge on any atom is 0.138 e. The molecule has 0 bridgehead atoms. The van der Waals surface area contributed by atoms with Gasteiger partial charge in [0.15, 0.2) is 0 Å². The Morgan fingerprint density at radius 1 is 1.38 bits per heavy atom. The third-order valence-corrected chi connectivity index (χ3v) is 4.64. The van der Waals surface area contributed by atoms with Gasteiger partial charge in [-0.05, 0) is 50.3 Å². The second-order valence-electron chi connectivity index (χ2n) is 6.29. The molecule has 3 N–H and O–H groups in total. The number of benzene rings is 1. The van der Waals surface area contributed by atoms with Gasteiger partial charge >= 0.3 is 0 Å². The Labute approximate surface area is 123 Å². The molecule has 1 aliphatic heterocycles. The minimum atomic E-state index is -0.598. The molecule has 1 aromatic carbocycles. The lowest BCUT2D eigenvalue weighted by molar-refractivity contribution is 0.0732. The molecule has 2 aromatic rings. The van der Waals surface area contributed by atoms with Gasteiger partial charge in [-0.3, -0.25) is 0 Å². The molecule has 2 aliphatic rings. The monoisotopic (exact) mass is 287 g/mol. The topological polar surface area (TPSA) is 73.3 Å². The van der Waals surface area contributed by atoms with Crippen LogP contribution in [-0.4, -0.2) is 27.4 Å². The first kappa shape index (κ1) is 13.1. The third kappa shape index (κ3) is 2.12. The Morgan fingerprint density at radius 2 is 2.19 bits per heavy atom. The van der Waals surface area contributed by atoms with Crippen LogP contribution in [0.1, 0.15) is 44.2 Å². The van der Waals surface area contributed by atoms with E-state index < -0.39 is 6.10 Å². The van der Waals surface area contributed by atoms with Gasteiger partial charge in [0.2, 0.25) is 0 Å². The summed E-state index contributed by atoms with van der Waals surface area (Å²) in [6, 6.07) is 6.05. The molecule has 21 heavy (non-hydrogen) atoms. The summed E-state index contributed by atoms with van der Waals surface area (Å²) < 4.78 is 8.16. The zero-order valence-electron chi connectivity index (χ0n) is 12.2. The fraction of sp³-hybridized carbons (Fsp3) is 0.562. The van der Waals surface area contributed by atoms with Gasteiger partial charge in [0, 0.05) is 12.3 Å². The van der Waals surface area contributed by atoms with Gasteiger partial charge in [0.05, 0.1) is 23.2 Å². The van der Waals surface area contributed by atoms with Gasteiger partial charge in [0.1, 0.15) is 11.9 Å². The van der Waals surface area contributed by atoms with Crippen LogP contribution < -0.4 is 5.73 Å². The molecule has 0 spiro atoms. The fourth-order valence-corrected chi connectivity index (χ4v) is 3.53. The number of aliphatic hydroxyl groups is 1. The highest BCUT2D eigenvalue weighted by Gasteiger charge is 2.42. The molecule has 4 rings (SSSR count). The number of nitrogens with two attached hydrogens (primary N) is 1. The van der Waals surface area contributed by atoms with Crippen molar-refractivity contribution in [3.63, 3.8) is 0 Å². The molecular weight excluding hydrogens is 266 g/mol. The number of hydrogen-bond acceptors (Lipinski definition) is 4. The largest absolute Gasteiger partial charge is 0.399 e. The van der Waals surface area contributed by atoms with Crippen LogP contribution in [0, 0.1) is 5.92 Å². The molecule has 0 radical (unpaired) electrons. The van der Waals surface area contributed by atoms with Crippen LogP contribution in [0.15, 0.2) is 18.2 Å². The Kier molecular flexibility index (Phi) is 2.94. The number of hydrogen-bond donors (Lipinski definition) is 2. The number of ether oxygens (including phenoxy) is 1. The van der Waals surface area contributed by atoms with Crippen LogP contribution in [0.3, 0.4) is 0 Å². The Bertz CT molecular complexity index is 675. The van der Waals surface area contributed by atoms with Crippen molar-refractivity contribution in [2.75, 3.05) is 12.3 Å². The fourth-order valence-electron chi connectivity index (χ4n) is 3.53. The molecular formula is C16H21N3O2. The maximum atomic E-state index is 10.1. The first-order chi connectivity index (χ1) is 10.1. The number of fused-ring (bicyclic) bond motifs is 1. The number of nitrogens with zero attached hydrogens (tertiary/aromatic N) is 2. The first-order valence-electron chi connectivity index (χ1n) is 7.72. The highest BCUT2D eigenvalue weighted by molar-refractivity contribution is 5.80. The highest BCUT2D eigenvalue weighted by atomic mass is 16.5. The normalized spacial score (nSPS) is 27.3. The van der Waals surface area contributed by atoms with Crippen LogP contribution >= 0.6 is 0 Å². The Morgan fingerprint density at radius 3 is 2.90 bits per heavy atom. The molecule has 112 valence electrons. The van der Waals surface area contributed by atoms with E-state index in [2.05, 4.69) is 9.55 Å². The average molecular weight is 287 g/mol. The molecule has 1 saturated carbocycles. The minimum absolute atomic E-state index is 0.262. The van der Waals surface area contributed by atoms with Crippen LogP contribution in [0.2, 0.25) is 0 Å². The van der Waals surface area contributed by atoms with Crippen LogP contribution in [0.4, 0.5) is 5.69 Å².